The average molecular weight is 424 g/mol. The molecule has 0 bridgehead atoms. The lowest BCUT2D eigenvalue weighted by Crippen LogP contribution is -2.32. The molecule has 0 atom stereocenters. The van der Waals surface area contributed by atoms with Crippen LogP contribution in [0.15, 0.2) is 71.8 Å². The molecular formula is C22H18FN3OS2. The molecule has 7 heteroatoms. The van der Waals surface area contributed by atoms with E-state index in [1.807, 2.05) is 54.8 Å². The van der Waals surface area contributed by atoms with Crippen LogP contribution in [-0.4, -0.2) is 22.1 Å². The third-order valence-corrected chi connectivity index (χ3v) is 6.24. The summed E-state index contributed by atoms with van der Waals surface area (Å²) >= 11 is 2.96. The molecule has 4 aromatic rings. The molecule has 146 valence electrons. The molecule has 4 rings (SSSR count). The number of anilines is 1. The summed E-state index contributed by atoms with van der Waals surface area (Å²) in [5.74, 6) is -0.491. The number of halogens is 1. The molecule has 0 aliphatic heterocycles. The largest absolute Gasteiger partial charge is 0.282 e. The minimum atomic E-state index is -0.386. The van der Waals surface area contributed by atoms with Crippen molar-refractivity contribution >= 4 is 44.4 Å². The Morgan fingerprint density at radius 3 is 2.62 bits per heavy atom. The zero-order valence-corrected chi connectivity index (χ0v) is 17.3. The minimum absolute atomic E-state index is 0.105. The summed E-state index contributed by atoms with van der Waals surface area (Å²) in [6.45, 7) is 0.282. The number of aromatic nitrogens is 2. The van der Waals surface area contributed by atoms with Crippen LogP contribution in [0.3, 0.4) is 0 Å². The van der Waals surface area contributed by atoms with Gasteiger partial charge >= 0.3 is 0 Å². The molecule has 0 spiro atoms. The third kappa shape index (κ3) is 4.46. The topological polar surface area (TPSA) is 46.1 Å². The van der Waals surface area contributed by atoms with E-state index in [-0.39, 0.29) is 30.2 Å². The molecule has 1 amide bonds. The van der Waals surface area contributed by atoms with Crippen LogP contribution in [0.2, 0.25) is 0 Å². The van der Waals surface area contributed by atoms with Gasteiger partial charge in [0.25, 0.3) is 0 Å². The Kier molecular flexibility index (Phi) is 5.87. The van der Waals surface area contributed by atoms with Crippen molar-refractivity contribution in [1.82, 2.24) is 9.97 Å². The molecule has 0 unspecified atom stereocenters. The van der Waals surface area contributed by atoms with E-state index in [0.717, 1.165) is 16.2 Å². The summed E-state index contributed by atoms with van der Waals surface area (Å²) < 4.78 is 14.8. The third-order valence-electron chi connectivity index (χ3n) is 4.45. The van der Waals surface area contributed by atoms with Crippen LogP contribution in [0.25, 0.3) is 10.2 Å². The van der Waals surface area contributed by atoms with E-state index in [4.69, 9.17) is 0 Å². The normalized spacial score (nSPS) is 11.0. The number of rotatable bonds is 6. The Balaban J connectivity index is 1.66. The van der Waals surface area contributed by atoms with E-state index in [1.165, 1.54) is 17.4 Å². The van der Waals surface area contributed by atoms with Crippen molar-refractivity contribution in [2.75, 3.05) is 11.2 Å². The van der Waals surface area contributed by atoms with E-state index < -0.39 is 0 Å². The van der Waals surface area contributed by atoms with Gasteiger partial charge in [0.15, 0.2) is 5.13 Å². The predicted octanol–water partition coefficient (Wildman–Crippen LogP) is 5.33. The highest BCUT2D eigenvalue weighted by Crippen LogP contribution is 2.31. The van der Waals surface area contributed by atoms with Crippen molar-refractivity contribution in [3.8, 4) is 0 Å². The van der Waals surface area contributed by atoms with Crippen molar-refractivity contribution in [3.63, 3.8) is 0 Å². The van der Waals surface area contributed by atoms with E-state index in [0.29, 0.717) is 9.83 Å². The second kappa shape index (κ2) is 8.71. The Hall–Kier alpha value is -2.77. The fourth-order valence-electron chi connectivity index (χ4n) is 2.95. The number of thioether (sulfide) groups is 1. The molecule has 2 aromatic carbocycles. The fourth-order valence-corrected chi connectivity index (χ4v) is 4.35. The Morgan fingerprint density at radius 2 is 1.93 bits per heavy atom. The molecule has 0 saturated heterocycles. The lowest BCUT2D eigenvalue weighted by molar-refractivity contribution is -0.118. The van der Waals surface area contributed by atoms with Crippen molar-refractivity contribution in [2.24, 2.45) is 0 Å². The SMILES string of the molecule is CSc1ccc(CC(=O)N(Cc2ccccn2)c2nc3c(F)cccc3s2)cc1. The summed E-state index contributed by atoms with van der Waals surface area (Å²) in [5, 5.41) is 0.474. The number of para-hydroxylation sites is 1. The van der Waals surface area contributed by atoms with Gasteiger partial charge in [0.05, 0.1) is 23.4 Å². The van der Waals surface area contributed by atoms with Gasteiger partial charge in [-0.1, -0.05) is 35.6 Å². The van der Waals surface area contributed by atoms with Crippen molar-refractivity contribution in [2.45, 2.75) is 17.9 Å². The van der Waals surface area contributed by atoms with Crippen LogP contribution in [0, 0.1) is 5.82 Å². The van der Waals surface area contributed by atoms with E-state index in [2.05, 4.69) is 9.97 Å². The number of benzene rings is 2. The molecule has 0 saturated carbocycles. The van der Waals surface area contributed by atoms with Gasteiger partial charge in [-0.2, -0.15) is 0 Å². The van der Waals surface area contributed by atoms with Gasteiger partial charge in [-0.15, -0.1) is 11.8 Å². The summed E-state index contributed by atoms with van der Waals surface area (Å²) in [5.41, 5.74) is 1.96. The first kappa shape index (κ1) is 19.5. The number of nitrogens with zero attached hydrogens (tertiary/aromatic N) is 3. The Bertz CT molecular complexity index is 1130. The molecule has 2 aromatic heterocycles. The van der Waals surface area contributed by atoms with Crippen LogP contribution in [0.1, 0.15) is 11.3 Å². The number of carbonyl (C=O) groups is 1. The van der Waals surface area contributed by atoms with E-state index in [9.17, 15) is 9.18 Å². The molecule has 29 heavy (non-hydrogen) atoms. The number of hydrogen-bond donors (Lipinski definition) is 0. The Morgan fingerprint density at radius 1 is 1.10 bits per heavy atom. The number of fused-ring (bicyclic) bond motifs is 1. The van der Waals surface area contributed by atoms with Gasteiger partial charge in [0.1, 0.15) is 11.3 Å². The first-order chi connectivity index (χ1) is 14.1. The molecule has 4 nitrogen and oxygen atoms in total. The zero-order valence-electron chi connectivity index (χ0n) is 15.7. The minimum Gasteiger partial charge on any atom is -0.282 e. The molecule has 0 aliphatic rings. The quantitative estimate of drug-likeness (QED) is 0.393. The lowest BCUT2D eigenvalue weighted by Gasteiger charge is -2.19. The number of pyridine rings is 1. The second-order valence-electron chi connectivity index (χ2n) is 6.41. The summed E-state index contributed by atoms with van der Waals surface area (Å²) in [4.78, 5) is 24.7. The maximum absolute atomic E-state index is 14.1. The van der Waals surface area contributed by atoms with Gasteiger partial charge in [-0.25, -0.2) is 9.37 Å². The van der Waals surface area contributed by atoms with Crippen molar-refractivity contribution in [1.29, 1.82) is 0 Å². The zero-order chi connectivity index (χ0) is 20.2. The van der Waals surface area contributed by atoms with Crippen molar-refractivity contribution in [3.05, 3.63) is 83.9 Å². The van der Waals surface area contributed by atoms with Gasteiger partial charge in [0, 0.05) is 11.1 Å². The summed E-state index contributed by atoms with van der Waals surface area (Å²) in [6, 6.07) is 18.3. The maximum Gasteiger partial charge on any atom is 0.233 e. The van der Waals surface area contributed by atoms with Crippen LogP contribution >= 0.6 is 23.1 Å². The molecular weight excluding hydrogens is 405 g/mol. The van der Waals surface area contributed by atoms with Gasteiger partial charge in [-0.05, 0) is 48.2 Å². The van der Waals surface area contributed by atoms with Crippen LogP contribution in [0.4, 0.5) is 9.52 Å². The number of amides is 1. The highest BCUT2D eigenvalue weighted by Gasteiger charge is 2.22. The summed E-state index contributed by atoms with van der Waals surface area (Å²) in [6.07, 6.45) is 3.94. The molecule has 2 heterocycles. The number of carbonyl (C=O) groups excluding carboxylic acids is 1. The average Bonchev–Trinajstić information content (AvgIpc) is 3.18. The van der Waals surface area contributed by atoms with Crippen molar-refractivity contribution < 1.29 is 9.18 Å². The number of thiazole rings is 1. The van der Waals surface area contributed by atoms with Crippen LogP contribution in [-0.2, 0) is 17.8 Å². The monoisotopic (exact) mass is 423 g/mol. The lowest BCUT2D eigenvalue weighted by atomic mass is 10.1. The van der Waals surface area contributed by atoms with Crippen LogP contribution in [0.5, 0.6) is 0 Å². The summed E-state index contributed by atoms with van der Waals surface area (Å²) in [7, 11) is 0. The van der Waals surface area contributed by atoms with E-state index in [1.54, 1.807) is 28.9 Å². The standard InChI is InChI=1S/C22H18FN3OS2/c1-28-17-10-8-15(9-11-17)13-20(27)26(14-16-5-2-3-12-24-16)22-25-21-18(23)6-4-7-19(21)29-22/h2-12H,13-14H2,1H3. The maximum atomic E-state index is 14.1. The van der Waals surface area contributed by atoms with Gasteiger partial charge in [-0.3, -0.25) is 14.7 Å². The van der Waals surface area contributed by atoms with Gasteiger partial charge in [0.2, 0.25) is 5.91 Å². The smallest absolute Gasteiger partial charge is 0.233 e. The first-order valence-electron chi connectivity index (χ1n) is 9.02. The molecule has 0 N–H and O–H groups in total. The van der Waals surface area contributed by atoms with Crippen LogP contribution < -0.4 is 4.90 Å². The van der Waals surface area contributed by atoms with Gasteiger partial charge < -0.3 is 0 Å². The Labute approximate surface area is 176 Å². The molecule has 0 aliphatic carbocycles. The highest BCUT2D eigenvalue weighted by molar-refractivity contribution is 7.98. The number of hydrogen-bond acceptors (Lipinski definition) is 5. The highest BCUT2D eigenvalue weighted by atomic mass is 32.2. The molecule has 0 fully saturated rings. The first-order valence-corrected chi connectivity index (χ1v) is 11.1. The van der Waals surface area contributed by atoms with E-state index >= 15 is 0 Å². The predicted molar refractivity (Wildman–Crippen MR) is 117 cm³/mol. The fraction of sp³-hybridized carbons (Fsp3) is 0.136. The second-order valence-corrected chi connectivity index (χ2v) is 8.30. The molecule has 0 radical (unpaired) electrons.